The molecule has 2 aromatic heterocycles. The number of rotatable bonds is 6. The molecule has 0 bridgehead atoms. The monoisotopic (exact) mass is 408 g/mol. The number of halogens is 1. The van der Waals surface area contributed by atoms with E-state index in [1.807, 2.05) is 19.1 Å². The Hall–Kier alpha value is -2.19. The van der Waals surface area contributed by atoms with Gasteiger partial charge in [0.1, 0.15) is 5.75 Å². The highest BCUT2D eigenvalue weighted by molar-refractivity contribution is 9.11. The van der Waals surface area contributed by atoms with E-state index < -0.39 is 5.97 Å². The minimum atomic E-state index is -0.461. The molecule has 0 spiro atoms. The van der Waals surface area contributed by atoms with Gasteiger partial charge in [-0.15, -0.1) is 21.5 Å². The van der Waals surface area contributed by atoms with Crippen LogP contribution in [0, 0.1) is 0 Å². The van der Waals surface area contributed by atoms with E-state index in [2.05, 4.69) is 26.1 Å². The van der Waals surface area contributed by atoms with Gasteiger partial charge in [-0.3, -0.25) is 0 Å². The number of hydrogen-bond donors (Lipinski definition) is 0. The van der Waals surface area contributed by atoms with Gasteiger partial charge in [-0.05, 0) is 59.3 Å². The molecule has 0 aliphatic carbocycles. The van der Waals surface area contributed by atoms with Gasteiger partial charge in [0, 0.05) is 0 Å². The number of esters is 1. The molecule has 3 aromatic rings. The standard InChI is InChI=1S/C16H13BrN2O4S/c1-2-21-11-5-3-10(4-6-11)16(20)22-9-14-18-19-15(23-14)12-7-8-13(17)24-12/h3-8H,2,9H2,1H3. The maximum absolute atomic E-state index is 12.0. The van der Waals surface area contributed by atoms with Crippen molar-refractivity contribution in [1.29, 1.82) is 0 Å². The highest BCUT2D eigenvalue weighted by atomic mass is 79.9. The van der Waals surface area contributed by atoms with Crippen LogP contribution in [0.1, 0.15) is 23.2 Å². The minimum absolute atomic E-state index is 0.0778. The number of carbonyl (C=O) groups is 1. The van der Waals surface area contributed by atoms with Crippen LogP contribution in [0.4, 0.5) is 0 Å². The third-order valence-electron chi connectivity index (χ3n) is 2.98. The van der Waals surface area contributed by atoms with E-state index in [0.717, 1.165) is 8.66 Å². The molecule has 0 radical (unpaired) electrons. The summed E-state index contributed by atoms with van der Waals surface area (Å²) in [6, 6.07) is 10.5. The van der Waals surface area contributed by atoms with Crippen molar-refractivity contribution in [2.75, 3.05) is 6.61 Å². The molecular weight excluding hydrogens is 396 g/mol. The lowest BCUT2D eigenvalue weighted by Gasteiger charge is -2.04. The Morgan fingerprint density at radius 1 is 1.21 bits per heavy atom. The summed E-state index contributed by atoms with van der Waals surface area (Å²) in [5.41, 5.74) is 0.431. The van der Waals surface area contributed by atoms with E-state index in [1.54, 1.807) is 24.3 Å². The molecule has 24 heavy (non-hydrogen) atoms. The molecule has 0 saturated heterocycles. The predicted octanol–water partition coefficient (Wildman–Crippen LogP) is 4.32. The molecule has 0 saturated carbocycles. The van der Waals surface area contributed by atoms with Crippen molar-refractivity contribution in [2.45, 2.75) is 13.5 Å². The highest BCUT2D eigenvalue weighted by Gasteiger charge is 2.13. The number of nitrogens with zero attached hydrogens (tertiary/aromatic N) is 2. The van der Waals surface area contributed by atoms with Gasteiger partial charge in [0.25, 0.3) is 11.8 Å². The van der Waals surface area contributed by atoms with Gasteiger partial charge in [0.05, 0.1) is 20.8 Å². The Balaban J connectivity index is 1.59. The second-order valence-electron chi connectivity index (χ2n) is 4.64. The second-order valence-corrected chi connectivity index (χ2v) is 7.10. The van der Waals surface area contributed by atoms with Crippen LogP contribution >= 0.6 is 27.3 Å². The van der Waals surface area contributed by atoms with E-state index >= 15 is 0 Å². The molecule has 0 aliphatic rings. The van der Waals surface area contributed by atoms with Crippen molar-refractivity contribution in [1.82, 2.24) is 10.2 Å². The molecule has 0 fully saturated rings. The van der Waals surface area contributed by atoms with E-state index in [1.165, 1.54) is 11.3 Å². The van der Waals surface area contributed by atoms with Crippen LogP contribution < -0.4 is 4.74 Å². The summed E-state index contributed by atoms with van der Waals surface area (Å²) in [7, 11) is 0. The number of aromatic nitrogens is 2. The molecule has 0 unspecified atom stereocenters. The molecule has 3 rings (SSSR count). The lowest BCUT2D eigenvalue weighted by atomic mass is 10.2. The molecular formula is C16H13BrN2O4S. The van der Waals surface area contributed by atoms with E-state index in [4.69, 9.17) is 13.9 Å². The van der Waals surface area contributed by atoms with Gasteiger partial charge < -0.3 is 13.9 Å². The maximum atomic E-state index is 12.0. The number of hydrogen-bond acceptors (Lipinski definition) is 7. The third kappa shape index (κ3) is 4.01. The van der Waals surface area contributed by atoms with Gasteiger partial charge in [0.2, 0.25) is 0 Å². The first kappa shape index (κ1) is 16.7. The van der Waals surface area contributed by atoms with Gasteiger partial charge in [-0.2, -0.15) is 0 Å². The molecule has 2 heterocycles. The maximum Gasteiger partial charge on any atom is 0.338 e. The molecule has 0 atom stereocenters. The van der Waals surface area contributed by atoms with Gasteiger partial charge in [-0.1, -0.05) is 0 Å². The Morgan fingerprint density at radius 2 is 2.00 bits per heavy atom. The van der Waals surface area contributed by atoms with Gasteiger partial charge in [-0.25, -0.2) is 4.79 Å². The fraction of sp³-hybridized carbons (Fsp3) is 0.188. The van der Waals surface area contributed by atoms with Crippen molar-refractivity contribution < 1.29 is 18.7 Å². The zero-order valence-corrected chi connectivity index (χ0v) is 15.1. The summed E-state index contributed by atoms with van der Waals surface area (Å²) in [5.74, 6) is 0.890. The van der Waals surface area contributed by atoms with E-state index in [0.29, 0.717) is 23.8 Å². The summed E-state index contributed by atoms with van der Waals surface area (Å²) in [5, 5.41) is 7.83. The lowest BCUT2D eigenvalue weighted by Crippen LogP contribution is -2.05. The average molecular weight is 409 g/mol. The Morgan fingerprint density at radius 3 is 2.67 bits per heavy atom. The number of ether oxygens (including phenoxy) is 2. The zero-order chi connectivity index (χ0) is 16.9. The van der Waals surface area contributed by atoms with Crippen molar-refractivity contribution in [3.63, 3.8) is 0 Å². The summed E-state index contributed by atoms with van der Waals surface area (Å²) in [6.45, 7) is 2.39. The van der Waals surface area contributed by atoms with Crippen molar-refractivity contribution >= 4 is 33.2 Å². The average Bonchev–Trinajstić information content (AvgIpc) is 3.22. The largest absolute Gasteiger partial charge is 0.494 e. The van der Waals surface area contributed by atoms with Crippen LogP contribution in [0.25, 0.3) is 10.8 Å². The lowest BCUT2D eigenvalue weighted by molar-refractivity contribution is 0.0438. The van der Waals surface area contributed by atoms with E-state index in [-0.39, 0.29) is 12.5 Å². The van der Waals surface area contributed by atoms with E-state index in [9.17, 15) is 4.79 Å². The smallest absolute Gasteiger partial charge is 0.338 e. The van der Waals surface area contributed by atoms with Crippen LogP contribution in [0.15, 0.2) is 44.6 Å². The molecule has 1 aromatic carbocycles. The molecule has 0 amide bonds. The topological polar surface area (TPSA) is 74.5 Å². The molecule has 0 aliphatic heterocycles. The number of carbonyl (C=O) groups excluding carboxylic acids is 1. The first-order valence-electron chi connectivity index (χ1n) is 7.14. The van der Waals surface area contributed by atoms with Crippen molar-refractivity contribution in [3.05, 3.63) is 51.6 Å². The summed E-state index contributed by atoms with van der Waals surface area (Å²) in [4.78, 5) is 12.9. The fourth-order valence-corrected chi connectivity index (χ4v) is 3.21. The minimum Gasteiger partial charge on any atom is -0.494 e. The van der Waals surface area contributed by atoms with Crippen LogP contribution in [-0.2, 0) is 11.3 Å². The first-order chi connectivity index (χ1) is 11.7. The zero-order valence-electron chi connectivity index (χ0n) is 12.7. The third-order valence-corrected chi connectivity index (χ3v) is 4.59. The summed E-state index contributed by atoms with van der Waals surface area (Å²) in [6.07, 6.45) is 0. The normalized spacial score (nSPS) is 10.6. The SMILES string of the molecule is CCOc1ccc(C(=O)OCc2nnc(-c3ccc(Br)s3)o2)cc1. The first-order valence-corrected chi connectivity index (χ1v) is 8.74. The summed E-state index contributed by atoms with van der Waals surface area (Å²) >= 11 is 4.86. The van der Waals surface area contributed by atoms with Gasteiger partial charge >= 0.3 is 5.97 Å². The highest BCUT2D eigenvalue weighted by Crippen LogP contribution is 2.30. The molecule has 6 nitrogen and oxygen atoms in total. The molecule has 0 N–H and O–H groups in total. The number of benzene rings is 1. The Kier molecular flexibility index (Phi) is 5.27. The van der Waals surface area contributed by atoms with Crippen LogP contribution in [0.5, 0.6) is 5.75 Å². The van der Waals surface area contributed by atoms with Crippen LogP contribution in [-0.4, -0.2) is 22.8 Å². The predicted molar refractivity (Wildman–Crippen MR) is 92.0 cm³/mol. The Bertz CT molecular complexity index is 829. The quantitative estimate of drug-likeness (QED) is 0.565. The van der Waals surface area contributed by atoms with Crippen molar-refractivity contribution in [2.24, 2.45) is 0 Å². The number of thiophene rings is 1. The fourth-order valence-electron chi connectivity index (χ4n) is 1.91. The molecule has 124 valence electrons. The van der Waals surface area contributed by atoms with Crippen molar-refractivity contribution in [3.8, 4) is 16.5 Å². The van der Waals surface area contributed by atoms with Crippen LogP contribution in [0.3, 0.4) is 0 Å². The Labute approximate surface area is 150 Å². The molecule has 8 heteroatoms. The summed E-state index contributed by atoms with van der Waals surface area (Å²) < 4.78 is 17.0. The van der Waals surface area contributed by atoms with Gasteiger partial charge in [0.15, 0.2) is 6.61 Å². The second kappa shape index (κ2) is 7.59. The van der Waals surface area contributed by atoms with Crippen LogP contribution in [0.2, 0.25) is 0 Å².